The van der Waals surface area contributed by atoms with Gasteiger partial charge >= 0.3 is 6.09 Å². The van der Waals surface area contributed by atoms with Gasteiger partial charge in [0.2, 0.25) is 0 Å². The highest BCUT2D eigenvalue weighted by atomic mass is 16.4. The number of aromatic hydroxyl groups is 1. The van der Waals surface area contributed by atoms with E-state index < -0.39 is 6.09 Å². The zero-order valence-corrected chi connectivity index (χ0v) is 8.14. The van der Waals surface area contributed by atoms with Gasteiger partial charge in [-0.05, 0) is 38.1 Å². The number of rotatable bonds is 2. The van der Waals surface area contributed by atoms with Crippen LogP contribution in [0.15, 0.2) is 24.3 Å². The van der Waals surface area contributed by atoms with Crippen LogP contribution in [0.3, 0.4) is 0 Å². The lowest BCUT2D eigenvalue weighted by molar-refractivity contribution is 0.200. The van der Waals surface area contributed by atoms with Gasteiger partial charge in [-0.1, -0.05) is 0 Å². The van der Waals surface area contributed by atoms with Gasteiger partial charge in [-0.2, -0.15) is 0 Å². The molecule has 0 aliphatic heterocycles. The summed E-state index contributed by atoms with van der Waals surface area (Å²) in [7, 11) is 0. The van der Waals surface area contributed by atoms with E-state index >= 15 is 0 Å². The number of nitrogens with zero attached hydrogens (tertiary/aromatic N) is 1. The van der Waals surface area contributed by atoms with Crippen LogP contribution in [0.1, 0.15) is 13.8 Å². The van der Waals surface area contributed by atoms with E-state index in [0.29, 0.717) is 5.69 Å². The van der Waals surface area contributed by atoms with Gasteiger partial charge in [-0.3, -0.25) is 4.90 Å². The molecule has 0 radical (unpaired) electrons. The molecule has 1 aromatic carbocycles. The van der Waals surface area contributed by atoms with Crippen molar-refractivity contribution in [2.45, 2.75) is 19.9 Å². The number of hydrogen-bond donors (Lipinski definition) is 2. The molecule has 0 unspecified atom stereocenters. The smallest absolute Gasteiger partial charge is 0.412 e. The molecule has 1 amide bonds. The molecule has 0 bridgehead atoms. The van der Waals surface area contributed by atoms with Crippen LogP contribution in [0.4, 0.5) is 10.5 Å². The number of carboxylic acid groups (broad SMARTS) is 1. The second-order valence-corrected chi connectivity index (χ2v) is 3.26. The zero-order chi connectivity index (χ0) is 10.7. The first-order valence-corrected chi connectivity index (χ1v) is 4.33. The average Bonchev–Trinajstić information content (AvgIpc) is 2.07. The fourth-order valence-electron chi connectivity index (χ4n) is 1.24. The molecule has 0 spiro atoms. The number of benzene rings is 1. The second-order valence-electron chi connectivity index (χ2n) is 3.26. The van der Waals surface area contributed by atoms with E-state index in [1.807, 2.05) is 0 Å². The highest BCUT2D eigenvalue weighted by Crippen LogP contribution is 2.20. The van der Waals surface area contributed by atoms with Crippen molar-refractivity contribution in [3.05, 3.63) is 24.3 Å². The number of hydrogen-bond acceptors (Lipinski definition) is 2. The molecule has 0 saturated carbocycles. The summed E-state index contributed by atoms with van der Waals surface area (Å²) in [6, 6.07) is 5.95. The molecule has 1 aromatic rings. The summed E-state index contributed by atoms with van der Waals surface area (Å²) in [5, 5.41) is 18.0. The zero-order valence-electron chi connectivity index (χ0n) is 8.14. The summed E-state index contributed by atoms with van der Waals surface area (Å²) in [5.41, 5.74) is 0.560. The molecule has 4 nitrogen and oxygen atoms in total. The molecule has 0 saturated heterocycles. The largest absolute Gasteiger partial charge is 0.508 e. The molecule has 4 heteroatoms. The van der Waals surface area contributed by atoms with Crippen LogP contribution < -0.4 is 4.90 Å². The monoisotopic (exact) mass is 195 g/mol. The molecule has 0 heterocycles. The fourth-order valence-corrected chi connectivity index (χ4v) is 1.24. The predicted molar refractivity (Wildman–Crippen MR) is 53.7 cm³/mol. The van der Waals surface area contributed by atoms with Crippen LogP contribution in [-0.2, 0) is 0 Å². The number of amides is 1. The molecule has 0 atom stereocenters. The molecule has 0 aliphatic carbocycles. The van der Waals surface area contributed by atoms with Crippen molar-refractivity contribution in [2.24, 2.45) is 0 Å². The van der Waals surface area contributed by atoms with Crippen molar-refractivity contribution < 1.29 is 15.0 Å². The quantitative estimate of drug-likeness (QED) is 0.761. The first-order chi connectivity index (χ1) is 6.52. The lowest BCUT2D eigenvalue weighted by Gasteiger charge is -2.23. The van der Waals surface area contributed by atoms with Gasteiger partial charge in [0.15, 0.2) is 0 Å². The van der Waals surface area contributed by atoms with E-state index in [4.69, 9.17) is 10.2 Å². The van der Waals surface area contributed by atoms with Crippen molar-refractivity contribution in [3.8, 4) is 5.75 Å². The molecule has 1 rings (SSSR count). The topological polar surface area (TPSA) is 60.8 Å². The Bertz CT molecular complexity index is 319. The summed E-state index contributed by atoms with van der Waals surface area (Å²) < 4.78 is 0. The third-order valence-corrected chi connectivity index (χ3v) is 1.85. The molecule has 0 fully saturated rings. The number of phenols is 1. The van der Waals surface area contributed by atoms with Gasteiger partial charge in [0, 0.05) is 11.7 Å². The highest BCUT2D eigenvalue weighted by molar-refractivity contribution is 5.86. The molecule has 2 N–H and O–H groups in total. The second kappa shape index (κ2) is 4.00. The standard InChI is InChI=1S/C10H13NO3/c1-7(2)11(10(13)14)8-3-5-9(12)6-4-8/h3-7,12H,1-2H3,(H,13,14). The van der Waals surface area contributed by atoms with Crippen LogP contribution in [-0.4, -0.2) is 22.3 Å². The molecule has 0 aromatic heterocycles. The van der Waals surface area contributed by atoms with Gasteiger partial charge < -0.3 is 10.2 Å². The SMILES string of the molecule is CC(C)N(C(=O)O)c1ccc(O)cc1. The number of anilines is 1. The molecule has 0 aliphatic rings. The Kier molecular flexibility index (Phi) is 2.96. The Labute approximate surface area is 82.4 Å². The molecule has 76 valence electrons. The molecular formula is C10H13NO3. The highest BCUT2D eigenvalue weighted by Gasteiger charge is 2.17. The Morgan fingerprint density at radius 3 is 2.14 bits per heavy atom. The van der Waals surface area contributed by atoms with Gasteiger partial charge in [0.1, 0.15) is 5.75 Å². The van der Waals surface area contributed by atoms with E-state index in [1.165, 1.54) is 17.0 Å². The number of phenolic OH excluding ortho intramolecular Hbond substituents is 1. The summed E-state index contributed by atoms with van der Waals surface area (Å²) in [6.07, 6.45) is -0.995. The van der Waals surface area contributed by atoms with E-state index in [1.54, 1.807) is 26.0 Å². The Morgan fingerprint density at radius 2 is 1.79 bits per heavy atom. The van der Waals surface area contributed by atoms with E-state index in [-0.39, 0.29) is 11.8 Å². The van der Waals surface area contributed by atoms with Gasteiger partial charge in [0.05, 0.1) is 0 Å². The van der Waals surface area contributed by atoms with Crippen molar-refractivity contribution >= 4 is 11.8 Å². The van der Waals surface area contributed by atoms with Crippen molar-refractivity contribution in [3.63, 3.8) is 0 Å². The minimum atomic E-state index is -0.995. The van der Waals surface area contributed by atoms with Crippen LogP contribution >= 0.6 is 0 Å². The van der Waals surface area contributed by atoms with E-state index in [9.17, 15) is 4.79 Å². The Hall–Kier alpha value is -1.71. The average molecular weight is 195 g/mol. The first kappa shape index (κ1) is 10.4. The van der Waals surface area contributed by atoms with Gasteiger partial charge in [0.25, 0.3) is 0 Å². The maximum Gasteiger partial charge on any atom is 0.412 e. The third kappa shape index (κ3) is 2.16. The van der Waals surface area contributed by atoms with E-state index in [0.717, 1.165) is 0 Å². The van der Waals surface area contributed by atoms with Crippen molar-refractivity contribution in [1.29, 1.82) is 0 Å². The maximum absolute atomic E-state index is 10.9. The van der Waals surface area contributed by atoms with Crippen LogP contribution in [0.2, 0.25) is 0 Å². The maximum atomic E-state index is 10.9. The Balaban J connectivity index is 3.00. The molecular weight excluding hydrogens is 182 g/mol. The summed E-state index contributed by atoms with van der Waals surface area (Å²) >= 11 is 0. The predicted octanol–water partition coefficient (Wildman–Crippen LogP) is 2.29. The normalized spacial score (nSPS) is 10.2. The Morgan fingerprint density at radius 1 is 1.29 bits per heavy atom. The van der Waals surface area contributed by atoms with Crippen LogP contribution in [0.5, 0.6) is 5.75 Å². The van der Waals surface area contributed by atoms with E-state index in [2.05, 4.69) is 0 Å². The lowest BCUT2D eigenvalue weighted by atomic mass is 10.2. The minimum absolute atomic E-state index is 0.128. The summed E-state index contributed by atoms with van der Waals surface area (Å²) in [5.74, 6) is 0.128. The van der Waals surface area contributed by atoms with Crippen LogP contribution in [0, 0.1) is 0 Å². The third-order valence-electron chi connectivity index (χ3n) is 1.85. The summed E-state index contributed by atoms with van der Waals surface area (Å²) in [6.45, 7) is 3.59. The minimum Gasteiger partial charge on any atom is -0.508 e. The van der Waals surface area contributed by atoms with Crippen LogP contribution in [0.25, 0.3) is 0 Å². The lowest BCUT2D eigenvalue weighted by Crippen LogP contribution is -2.35. The van der Waals surface area contributed by atoms with Gasteiger partial charge in [-0.25, -0.2) is 4.79 Å². The van der Waals surface area contributed by atoms with Crippen molar-refractivity contribution in [1.82, 2.24) is 0 Å². The first-order valence-electron chi connectivity index (χ1n) is 4.33. The molecule has 14 heavy (non-hydrogen) atoms. The fraction of sp³-hybridized carbons (Fsp3) is 0.300. The van der Waals surface area contributed by atoms with Crippen molar-refractivity contribution in [2.75, 3.05) is 4.90 Å². The van der Waals surface area contributed by atoms with Gasteiger partial charge in [-0.15, -0.1) is 0 Å². The number of carbonyl (C=O) groups is 1. The summed E-state index contributed by atoms with van der Waals surface area (Å²) in [4.78, 5) is 12.1.